The average molecular weight is 366 g/mol. The molecule has 0 radical (unpaired) electrons. The SMILES string of the molecule is O=C(CCl)NC(c1ccc2c(c1)OCCCO2)c1ccccc1Cl. The van der Waals surface area contributed by atoms with Gasteiger partial charge in [-0.15, -0.1) is 11.6 Å². The fourth-order valence-electron chi connectivity index (χ4n) is 2.61. The van der Waals surface area contributed by atoms with Crippen molar-refractivity contribution in [2.45, 2.75) is 12.5 Å². The number of carbonyl (C=O) groups is 1. The molecule has 6 heteroatoms. The second-order valence-electron chi connectivity index (χ2n) is 5.41. The molecule has 0 saturated heterocycles. The van der Waals surface area contributed by atoms with E-state index in [0.29, 0.717) is 29.7 Å². The molecule has 1 atom stereocenters. The van der Waals surface area contributed by atoms with Gasteiger partial charge in [0, 0.05) is 11.4 Å². The molecule has 3 rings (SSSR count). The molecule has 1 aliphatic rings. The van der Waals surface area contributed by atoms with Crippen LogP contribution in [0.2, 0.25) is 5.02 Å². The summed E-state index contributed by atoms with van der Waals surface area (Å²) in [6.45, 7) is 1.23. The van der Waals surface area contributed by atoms with Crippen LogP contribution in [0.15, 0.2) is 42.5 Å². The molecular weight excluding hydrogens is 349 g/mol. The maximum atomic E-state index is 11.9. The zero-order valence-electron chi connectivity index (χ0n) is 12.9. The molecule has 1 unspecified atom stereocenters. The number of halogens is 2. The Morgan fingerprint density at radius 1 is 1.12 bits per heavy atom. The summed E-state index contributed by atoms with van der Waals surface area (Å²) in [5, 5.41) is 3.48. The van der Waals surface area contributed by atoms with Gasteiger partial charge >= 0.3 is 0 Å². The Kier molecular flexibility index (Phi) is 5.48. The molecule has 0 aromatic heterocycles. The minimum absolute atomic E-state index is 0.120. The highest BCUT2D eigenvalue weighted by atomic mass is 35.5. The van der Waals surface area contributed by atoms with Crippen LogP contribution in [0.5, 0.6) is 11.5 Å². The van der Waals surface area contributed by atoms with Crippen LogP contribution in [0, 0.1) is 0 Å². The van der Waals surface area contributed by atoms with Crippen LogP contribution < -0.4 is 14.8 Å². The summed E-state index contributed by atoms with van der Waals surface area (Å²) in [6, 6.07) is 12.6. The van der Waals surface area contributed by atoms with Crippen molar-refractivity contribution in [3.63, 3.8) is 0 Å². The van der Waals surface area contributed by atoms with Gasteiger partial charge in [-0.05, 0) is 29.3 Å². The topological polar surface area (TPSA) is 47.6 Å². The number of nitrogens with one attached hydrogen (secondary N) is 1. The van der Waals surface area contributed by atoms with E-state index in [0.717, 1.165) is 17.5 Å². The van der Waals surface area contributed by atoms with Crippen LogP contribution in [0.25, 0.3) is 0 Å². The molecule has 0 aliphatic carbocycles. The van der Waals surface area contributed by atoms with Gasteiger partial charge in [-0.1, -0.05) is 35.9 Å². The Bertz CT molecular complexity index is 736. The van der Waals surface area contributed by atoms with Gasteiger partial charge in [-0.2, -0.15) is 0 Å². The first-order chi connectivity index (χ1) is 11.7. The number of carbonyl (C=O) groups excluding carboxylic acids is 1. The number of rotatable bonds is 4. The predicted molar refractivity (Wildman–Crippen MR) is 94.2 cm³/mol. The molecule has 0 fully saturated rings. The normalized spacial score (nSPS) is 14.6. The molecule has 1 aliphatic heterocycles. The third kappa shape index (κ3) is 3.77. The third-order valence-electron chi connectivity index (χ3n) is 3.75. The van der Waals surface area contributed by atoms with Crippen LogP contribution >= 0.6 is 23.2 Å². The van der Waals surface area contributed by atoms with Crippen LogP contribution in [-0.4, -0.2) is 25.0 Å². The van der Waals surface area contributed by atoms with E-state index in [1.165, 1.54) is 0 Å². The Hall–Kier alpha value is -1.91. The summed E-state index contributed by atoms with van der Waals surface area (Å²) in [5.41, 5.74) is 1.65. The quantitative estimate of drug-likeness (QED) is 0.834. The molecule has 0 spiro atoms. The number of hydrogen-bond donors (Lipinski definition) is 1. The maximum absolute atomic E-state index is 11.9. The van der Waals surface area contributed by atoms with E-state index in [1.807, 2.05) is 36.4 Å². The summed E-state index contributed by atoms with van der Waals surface area (Å²) < 4.78 is 11.4. The van der Waals surface area contributed by atoms with E-state index in [4.69, 9.17) is 32.7 Å². The number of benzene rings is 2. The van der Waals surface area contributed by atoms with E-state index < -0.39 is 6.04 Å². The molecule has 4 nitrogen and oxygen atoms in total. The number of hydrogen-bond acceptors (Lipinski definition) is 3. The standard InChI is InChI=1S/C18H17Cl2NO3/c19-11-17(22)21-18(13-4-1-2-5-14(13)20)12-6-7-15-16(10-12)24-9-3-8-23-15/h1-2,4-7,10,18H,3,8-9,11H2,(H,21,22). The van der Waals surface area contributed by atoms with Crippen molar-refractivity contribution in [2.75, 3.05) is 19.1 Å². The molecular formula is C18H17Cl2NO3. The average Bonchev–Trinajstić information content (AvgIpc) is 2.85. The van der Waals surface area contributed by atoms with Gasteiger partial charge in [-0.25, -0.2) is 0 Å². The fraction of sp³-hybridized carbons (Fsp3) is 0.278. The lowest BCUT2D eigenvalue weighted by atomic mass is 9.98. The first-order valence-electron chi connectivity index (χ1n) is 7.68. The number of ether oxygens (including phenoxy) is 2. The van der Waals surface area contributed by atoms with Gasteiger partial charge in [-0.3, -0.25) is 4.79 Å². The van der Waals surface area contributed by atoms with Crippen molar-refractivity contribution < 1.29 is 14.3 Å². The number of fused-ring (bicyclic) bond motifs is 1. The minimum Gasteiger partial charge on any atom is -0.490 e. The molecule has 24 heavy (non-hydrogen) atoms. The molecule has 2 aromatic carbocycles. The Labute approximate surface area is 150 Å². The second kappa shape index (κ2) is 7.77. The highest BCUT2D eigenvalue weighted by Crippen LogP contribution is 2.35. The van der Waals surface area contributed by atoms with Crippen molar-refractivity contribution in [1.29, 1.82) is 0 Å². The maximum Gasteiger partial charge on any atom is 0.235 e. The van der Waals surface area contributed by atoms with Crippen molar-refractivity contribution in [3.05, 3.63) is 58.6 Å². The molecule has 0 saturated carbocycles. The lowest BCUT2D eigenvalue weighted by Gasteiger charge is -2.21. The second-order valence-corrected chi connectivity index (χ2v) is 6.09. The summed E-state index contributed by atoms with van der Waals surface area (Å²) in [6.07, 6.45) is 0.834. The van der Waals surface area contributed by atoms with E-state index in [1.54, 1.807) is 6.07 Å². The fourth-order valence-corrected chi connectivity index (χ4v) is 2.93. The van der Waals surface area contributed by atoms with Gasteiger partial charge in [0.2, 0.25) is 5.91 Å². The van der Waals surface area contributed by atoms with Crippen molar-refractivity contribution in [3.8, 4) is 11.5 Å². The van der Waals surface area contributed by atoms with Crippen molar-refractivity contribution in [2.24, 2.45) is 0 Å². The predicted octanol–water partition coefficient (Wildman–Crippen LogP) is 3.95. The first-order valence-corrected chi connectivity index (χ1v) is 8.59. The lowest BCUT2D eigenvalue weighted by Crippen LogP contribution is -2.30. The minimum atomic E-state index is -0.415. The molecule has 1 N–H and O–H groups in total. The van der Waals surface area contributed by atoms with E-state index in [2.05, 4.69) is 5.32 Å². The zero-order chi connectivity index (χ0) is 16.9. The first kappa shape index (κ1) is 16.9. The van der Waals surface area contributed by atoms with Gasteiger partial charge in [0.1, 0.15) is 5.88 Å². The highest BCUT2D eigenvalue weighted by molar-refractivity contribution is 6.31. The van der Waals surface area contributed by atoms with Crippen LogP contribution in [0.1, 0.15) is 23.6 Å². The number of amides is 1. The van der Waals surface area contributed by atoms with Crippen molar-refractivity contribution in [1.82, 2.24) is 5.32 Å². The van der Waals surface area contributed by atoms with E-state index in [9.17, 15) is 4.79 Å². The molecule has 126 valence electrons. The van der Waals surface area contributed by atoms with Gasteiger partial charge < -0.3 is 14.8 Å². The lowest BCUT2D eigenvalue weighted by molar-refractivity contribution is -0.119. The van der Waals surface area contributed by atoms with Crippen molar-refractivity contribution >= 4 is 29.1 Å². The molecule has 2 aromatic rings. The number of alkyl halides is 1. The van der Waals surface area contributed by atoms with Crippen LogP contribution in [-0.2, 0) is 4.79 Å². The van der Waals surface area contributed by atoms with Crippen LogP contribution in [0.4, 0.5) is 0 Å². The van der Waals surface area contributed by atoms with Crippen LogP contribution in [0.3, 0.4) is 0 Å². The van der Waals surface area contributed by atoms with E-state index >= 15 is 0 Å². The monoisotopic (exact) mass is 365 g/mol. The van der Waals surface area contributed by atoms with E-state index in [-0.39, 0.29) is 11.8 Å². The Morgan fingerprint density at radius 3 is 2.62 bits per heavy atom. The smallest absolute Gasteiger partial charge is 0.235 e. The third-order valence-corrected chi connectivity index (χ3v) is 4.33. The molecule has 1 amide bonds. The Balaban J connectivity index is 2.01. The molecule has 1 heterocycles. The Morgan fingerprint density at radius 2 is 1.88 bits per heavy atom. The highest BCUT2D eigenvalue weighted by Gasteiger charge is 2.21. The summed E-state index contributed by atoms with van der Waals surface area (Å²) in [4.78, 5) is 11.9. The van der Waals surface area contributed by atoms with Gasteiger partial charge in [0.05, 0.1) is 19.3 Å². The summed E-state index contributed by atoms with van der Waals surface area (Å²) >= 11 is 12.0. The molecule has 0 bridgehead atoms. The van der Waals surface area contributed by atoms with Gasteiger partial charge in [0.15, 0.2) is 11.5 Å². The zero-order valence-corrected chi connectivity index (χ0v) is 14.4. The van der Waals surface area contributed by atoms with Gasteiger partial charge in [0.25, 0.3) is 0 Å². The largest absolute Gasteiger partial charge is 0.490 e. The summed E-state index contributed by atoms with van der Waals surface area (Å²) in [7, 11) is 0. The summed E-state index contributed by atoms with van der Waals surface area (Å²) in [5.74, 6) is 0.986.